The molecule has 9 nitrogen and oxygen atoms in total. The van der Waals surface area contributed by atoms with E-state index >= 15 is 0 Å². The Labute approximate surface area is 181 Å². The molecule has 2 aromatic rings. The lowest BCUT2D eigenvalue weighted by molar-refractivity contribution is -0.0449. The van der Waals surface area contributed by atoms with Gasteiger partial charge in [0.2, 0.25) is 0 Å². The van der Waals surface area contributed by atoms with Crippen molar-refractivity contribution in [1.29, 1.82) is 0 Å². The summed E-state index contributed by atoms with van der Waals surface area (Å²) in [6.45, 7) is 5.02. The quantitative estimate of drug-likeness (QED) is 0.639. The van der Waals surface area contributed by atoms with E-state index in [0.717, 1.165) is 59.5 Å². The van der Waals surface area contributed by atoms with Crippen molar-refractivity contribution in [1.82, 2.24) is 14.8 Å². The molecular formula is C22H31N5O4. The summed E-state index contributed by atoms with van der Waals surface area (Å²) in [7, 11) is 0. The maximum Gasteiger partial charge on any atom is 0.503 e. The number of oxime groups is 1. The van der Waals surface area contributed by atoms with Gasteiger partial charge in [0, 0.05) is 30.8 Å². The molecule has 1 aliphatic heterocycles. The van der Waals surface area contributed by atoms with E-state index in [-0.39, 0.29) is 5.60 Å². The number of pyridine rings is 1. The molecule has 31 heavy (non-hydrogen) atoms. The molecule has 9 heteroatoms. The van der Waals surface area contributed by atoms with Crippen LogP contribution in [0.15, 0.2) is 11.4 Å². The third kappa shape index (κ3) is 4.31. The molecule has 3 heterocycles. The van der Waals surface area contributed by atoms with E-state index in [9.17, 15) is 0 Å². The van der Waals surface area contributed by atoms with Gasteiger partial charge >= 0.3 is 6.16 Å². The lowest BCUT2D eigenvalue weighted by Gasteiger charge is -2.31. The summed E-state index contributed by atoms with van der Waals surface area (Å²) < 4.78 is 2.00. The maximum absolute atomic E-state index is 8.56. The maximum atomic E-state index is 8.56. The smallest absolute Gasteiger partial charge is 0.450 e. The fourth-order valence-corrected chi connectivity index (χ4v) is 4.79. The van der Waals surface area contributed by atoms with Gasteiger partial charge in [0.05, 0.1) is 22.5 Å². The first kappa shape index (κ1) is 21.4. The van der Waals surface area contributed by atoms with E-state index < -0.39 is 6.16 Å². The Kier molecular flexibility index (Phi) is 6.02. The monoisotopic (exact) mass is 429 g/mol. The number of hydrogen-bond acceptors (Lipinski definition) is 6. The van der Waals surface area contributed by atoms with Gasteiger partial charge in [-0.2, -0.15) is 5.10 Å². The first-order valence-electron chi connectivity index (χ1n) is 11.2. The average molecular weight is 430 g/mol. The van der Waals surface area contributed by atoms with Crippen LogP contribution >= 0.6 is 0 Å². The Hall–Kier alpha value is -2.84. The van der Waals surface area contributed by atoms with Crippen LogP contribution in [0, 0.1) is 6.92 Å². The second kappa shape index (κ2) is 8.72. The van der Waals surface area contributed by atoms with E-state index in [1.807, 2.05) is 10.9 Å². The minimum atomic E-state index is -1.83. The summed E-state index contributed by atoms with van der Waals surface area (Å²) in [4.78, 5) is 19.4. The van der Waals surface area contributed by atoms with E-state index in [2.05, 4.69) is 24.3 Å². The van der Waals surface area contributed by atoms with Crippen LogP contribution in [0.1, 0.15) is 76.0 Å². The van der Waals surface area contributed by atoms with Crippen molar-refractivity contribution < 1.29 is 19.8 Å². The van der Waals surface area contributed by atoms with Gasteiger partial charge in [-0.3, -0.25) is 0 Å². The second-order valence-electron chi connectivity index (χ2n) is 8.75. The van der Waals surface area contributed by atoms with Crippen LogP contribution in [0.25, 0.3) is 11.0 Å². The minimum Gasteiger partial charge on any atom is -0.450 e. The zero-order valence-corrected chi connectivity index (χ0v) is 18.2. The van der Waals surface area contributed by atoms with Crippen LogP contribution in [-0.2, 0) is 11.4 Å². The lowest BCUT2D eigenvalue weighted by Crippen LogP contribution is -2.32. The fourth-order valence-electron chi connectivity index (χ4n) is 4.79. The molecule has 2 fully saturated rings. The number of rotatable bonds is 4. The number of hydrogen-bond donors (Lipinski definition) is 3. The van der Waals surface area contributed by atoms with Gasteiger partial charge in [0.15, 0.2) is 5.65 Å². The predicted molar refractivity (Wildman–Crippen MR) is 118 cm³/mol. The Morgan fingerprint density at radius 3 is 2.58 bits per heavy atom. The number of anilines is 1. The average Bonchev–Trinajstić information content (AvgIpc) is 3.26. The van der Waals surface area contributed by atoms with Crippen molar-refractivity contribution in [3.05, 3.63) is 17.5 Å². The molecule has 0 unspecified atom stereocenters. The Balaban J connectivity index is 0.000000535. The van der Waals surface area contributed by atoms with Gasteiger partial charge in [-0.1, -0.05) is 11.6 Å². The van der Waals surface area contributed by atoms with Crippen molar-refractivity contribution in [2.75, 3.05) is 5.32 Å². The van der Waals surface area contributed by atoms with Crippen LogP contribution in [0.5, 0.6) is 0 Å². The molecule has 3 N–H and O–H groups in total. The second-order valence-corrected chi connectivity index (χ2v) is 8.75. The van der Waals surface area contributed by atoms with Crippen molar-refractivity contribution in [2.24, 2.45) is 5.16 Å². The summed E-state index contributed by atoms with van der Waals surface area (Å²) in [6.07, 6.45) is 10.9. The molecule has 168 valence electrons. The Morgan fingerprint density at radius 1 is 1.26 bits per heavy atom. The van der Waals surface area contributed by atoms with Crippen molar-refractivity contribution >= 4 is 28.6 Å². The standard InChI is InChI=1S/C21H29N5O.CH2O3/c1-3-26-20-18(14(2)24-26)19(23-15-8-7-9-15)16(13-22-20)17-12-21(27-25-17)10-5-4-6-11-21;2-1(3)4/h13,15H,3-12H2,1-2H3,(H,22,23);(H2,2,3,4). The van der Waals surface area contributed by atoms with Gasteiger partial charge in [-0.25, -0.2) is 14.5 Å². The van der Waals surface area contributed by atoms with E-state index in [4.69, 9.17) is 29.9 Å². The summed E-state index contributed by atoms with van der Waals surface area (Å²) >= 11 is 0. The summed E-state index contributed by atoms with van der Waals surface area (Å²) in [5, 5.41) is 28.2. The van der Waals surface area contributed by atoms with Crippen LogP contribution in [0.2, 0.25) is 0 Å². The zero-order chi connectivity index (χ0) is 22.0. The lowest BCUT2D eigenvalue weighted by atomic mass is 9.80. The van der Waals surface area contributed by atoms with Crippen molar-refractivity contribution in [2.45, 2.75) is 89.8 Å². The molecule has 0 bridgehead atoms. The minimum absolute atomic E-state index is 0.0705. The van der Waals surface area contributed by atoms with E-state index in [1.165, 1.54) is 38.5 Å². The fraction of sp³-hybridized carbons (Fsp3) is 0.636. The Morgan fingerprint density at radius 2 is 1.97 bits per heavy atom. The molecule has 2 aromatic heterocycles. The number of carboxylic acid groups (broad SMARTS) is 2. The van der Waals surface area contributed by atoms with E-state index in [0.29, 0.717) is 6.04 Å². The number of fused-ring (bicyclic) bond motifs is 1. The van der Waals surface area contributed by atoms with Gasteiger partial charge < -0.3 is 20.4 Å². The number of carbonyl (C=O) groups is 1. The van der Waals surface area contributed by atoms with Crippen molar-refractivity contribution in [3.63, 3.8) is 0 Å². The van der Waals surface area contributed by atoms with Gasteiger partial charge in [0.1, 0.15) is 5.60 Å². The zero-order valence-electron chi connectivity index (χ0n) is 18.2. The van der Waals surface area contributed by atoms with Crippen LogP contribution in [0.3, 0.4) is 0 Å². The normalized spacial score (nSPS) is 19.9. The molecule has 2 saturated carbocycles. The summed E-state index contributed by atoms with van der Waals surface area (Å²) in [5.74, 6) is 0. The first-order valence-corrected chi connectivity index (χ1v) is 11.2. The van der Waals surface area contributed by atoms with Gasteiger partial charge in [-0.05, 0) is 58.8 Å². The van der Waals surface area contributed by atoms with Crippen LogP contribution < -0.4 is 5.32 Å². The van der Waals surface area contributed by atoms with Crippen LogP contribution in [0.4, 0.5) is 10.5 Å². The molecule has 2 aliphatic carbocycles. The summed E-state index contributed by atoms with van der Waals surface area (Å²) in [5.41, 5.74) is 5.26. The van der Waals surface area contributed by atoms with Gasteiger partial charge in [-0.15, -0.1) is 0 Å². The molecular weight excluding hydrogens is 398 g/mol. The topological polar surface area (TPSA) is 122 Å². The number of nitrogens with zero attached hydrogens (tertiary/aromatic N) is 4. The van der Waals surface area contributed by atoms with Crippen LogP contribution in [-0.4, -0.2) is 48.5 Å². The molecule has 5 rings (SSSR count). The number of aryl methyl sites for hydroxylation is 2. The highest BCUT2D eigenvalue weighted by Crippen LogP contribution is 2.42. The molecule has 0 aromatic carbocycles. The Bertz CT molecular complexity index is 985. The predicted octanol–water partition coefficient (Wildman–Crippen LogP) is 4.77. The number of nitrogens with one attached hydrogen (secondary N) is 1. The molecule has 3 aliphatic rings. The molecule has 0 saturated heterocycles. The molecule has 0 amide bonds. The third-order valence-corrected chi connectivity index (χ3v) is 6.60. The third-order valence-electron chi connectivity index (χ3n) is 6.60. The van der Waals surface area contributed by atoms with E-state index in [1.54, 1.807) is 0 Å². The highest BCUT2D eigenvalue weighted by Gasteiger charge is 2.41. The molecule has 0 atom stereocenters. The first-order chi connectivity index (χ1) is 14.9. The SMILES string of the molecule is CCn1nc(C)c2c(NC3CCC3)c(C3=NOC4(CCCCC4)C3)cnc21.O=C(O)O. The van der Waals surface area contributed by atoms with Crippen molar-refractivity contribution in [3.8, 4) is 0 Å². The summed E-state index contributed by atoms with van der Waals surface area (Å²) in [6, 6.07) is 0.547. The largest absolute Gasteiger partial charge is 0.503 e. The molecule has 1 spiro atoms. The highest BCUT2D eigenvalue weighted by atomic mass is 16.7. The highest BCUT2D eigenvalue weighted by molar-refractivity contribution is 6.11. The molecule has 0 radical (unpaired) electrons. The number of aromatic nitrogens is 3. The van der Waals surface area contributed by atoms with Gasteiger partial charge in [0.25, 0.3) is 0 Å².